The molecule has 1 unspecified atom stereocenters. The molecule has 2 aliphatic rings. The van der Waals surface area contributed by atoms with Gasteiger partial charge in [0.2, 0.25) is 5.91 Å². The van der Waals surface area contributed by atoms with Gasteiger partial charge in [0.25, 0.3) is 11.8 Å². The highest BCUT2D eigenvalue weighted by Gasteiger charge is 2.36. The Morgan fingerprint density at radius 2 is 1.47 bits per heavy atom. The van der Waals surface area contributed by atoms with Gasteiger partial charge < -0.3 is 14.7 Å². The van der Waals surface area contributed by atoms with Crippen molar-refractivity contribution in [3.63, 3.8) is 0 Å². The van der Waals surface area contributed by atoms with Gasteiger partial charge >= 0.3 is 0 Å². The minimum atomic E-state index is -0.117. The fourth-order valence-electron chi connectivity index (χ4n) is 4.08. The molecule has 0 N–H and O–H groups in total. The highest BCUT2D eigenvalue weighted by molar-refractivity contribution is 6.30. The van der Waals surface area contributed by atoms with Crippen LogP contribution < -0.4 is 0 Å². The zero-order valence-electron chi connectivity index (χ0n) is 16.9. The number of carbonyl (C=O) groups is 3. The first-order chi connectivity index (χ1) is 14.4. The number of hydrogen-bond donors (Lipinski definition) is 0. The van der Waals surface area contributed by atoms with Crippen LogP contribution in [-0.4, -0.2) is 71.2 Å². The number of nitrogens with zero attached hydrogens (tertiary/aromatic N) is 3. The number of halogens is 1. The van der Waals surface area contributed by atoms with Gasteiger partial charge in [-0.25, -0.2) is 0 Å². The Hall–Kier alpha value is -2.86. The predicted molar refractivity (Wildman–Crippen MR) is 115 cm³/mol. The lowest BCUT2D eigenvalue weighted by Crippen LogP contribution is -2.56. The van der Waals surface area contributed by atoms with Gasteiger partial charge in [0, 0.05) is 42.3 Å². The molecular formula is C23H24ClN3O3. The standard InChI is InChI=1S/C23H24ClN3O3/c1-16-2-4-17(5-3-16)23(30)26-12-13-27(21(28)15-26)20-10-11-25(14-20)22(29)18-6-8-19(24)9-7-18/h2-9,20H,10-15H2,1H3. The lowest BCUT2D eigenvalue weighted by atomic mass is 10.1. The van der Waals surface area contributed by atoms with Crippen LogP contribution in [0.5, 0.6) is 0 Å². The van der Waals surface area contributed by atoms with Crippen LogP contribution in [0.2, 0.25) is 5.02 Å². The van der Waals surface area contributed by atoms with Crippen LogP contribution in [0, 0.1) is 6.92 Å². The van der Waals surface area contributed by atoms with Crippen molar-refractivity contribution in [2.75, 3.05) is 32.7 Å². The zero-order chi connectivity index (χ0) is 21.3. The topological polar surface area (TPSA) is 60.9 Å². The Morgan fingerprint density at radius 1 is 0.867 bits per heavy atom. The van der Waals surface area contributed by atoms with E-state index >= 15 is 0 Å². The Balaban J connectivity index is 1.35. The molecule has 0 aliphatic carbocycles. The number of amides is 3. The number of piperazine rings is 1. The predicted octanol–water partition coefficient (Wildman–Crippen LogP) is 2.85. The lowest BCUT2D eigenvalue weighted by Gasteiger charge is -2.37. The van der Waals surface area contributed by atoms with E-state index in [2.05, 4.69) is 0 Å². The summed E-state index contributed by atoms with van der Waals surface area (Å²) < 4.78 is 0. The first kappa shape index (κ1) is 20.4. The van der Waals surface area contributed by atoms with Crippen LogP contribution in [0.3, 0.4) is 0 Å². The van der Waals surface area contributed by atoms with Crippen LogP contribution in [0.4, 0.5) is 0 Å². The van der Waals surface area contributed by atoms with Gasteiger partial charge in [0.15, 0.2) is 0 Å². The Morgan fingerprint density at radius 3 is 2.10 bits per heavy atom. The van der Waals surface area contributed by atoms with Crippen LogP contribution in [0.15, 0.2) is 48.5 Å². The molecule has 3 amide bonds. The summed E-state index contributed by atoms with van der Waals surface area (Å²) in [7, 11) is 0. The molecule has 0 radical (unpaired) electrons. The van der Waals surface area contributed by atoms with E-state index in [4.69, 9.17) is 11.6 Å². The highest BCUT2D eigenvalue weighted by atomic mass is 35.5. The molecule has 4 rings (SSSR count). The van der Waals surface area contributed by atoms with Gasteiger partial charge in [-0.1, -0.05) is 29.3 Å². The van der Waals surface area contributed by atoms with Crippen molar-refractivity contribution in [1.29, 1.82) is 0 Å². The van der Waals surface area contributed by atoms with E-state index in [9.17, 15) is 14.4 Å². The van der Waals surface area contributed by atoms with Crippen molar-refractivity contribution >= 4 is 29.3 Å². The second-order valence-electron chi connectivity index (χ2n) is 7.88. The minimum Gasteiger partial charge on any atom is -0.337 e. The number of hydrogen-bond acceptors (Lipinski definition) is 3. The van der Waals surface area contributed by atoms with Gasteiger partial charge in [-0.15, -0.1) is 0 Å². The zero-order valence-corrected chi connectivity index (χ0v) is 17.6. The third kappa shape index (κ3) is 4.19. The highest BCUT2D eigenvalue weighted by Crippen LogP contribution is 2.21. The molecule has 2 aromatic carbocycles. The molecule has 7 heteroatoms. The normalized spacial score (nSPS) is 19.3. The van der Waals surface area contributed by atoms with Crippen molar-refractivity contribution in [2.24, 2.45) is 0 Å². The average Bonchev–Trinajstić information content (AvgIpc) is 3.23. The maximum Gasteiger partial charge on any atom is 0.254 e. The fourth-order valence-corrected chi connectivity index (χ4v) is 4.21. The van der Waals surface area contributed by atoms with Crippen LogP contribution in [0.25, 0.3) is 0 Å². The SMILES string of the molecule is Cc1ccc(C(=O)N2CCN(C3CCN(C(=O)c4ccc(Cl)cc4)C3)C(=O)C2)cc1. The van der Waals surface area contributed by atoms with E-state index < -0.39 is 0 Å². The molecule has 0 bridgehead atoms. The third-order valence-electron chi connectivity index (χ3n) is 5.83. The van der Waals surface area contributed by atoms with Crippen molar-refractivity contribution in [2.45, 2.75) is 19.4 Å². The third-order valence-corrected chi connectivity index (χ3v) is 6.08. The minimum absolute atomic E-state index is 0.00891. The first-order valence-corrected chi connectivity index (χ1v) is 10.5. The van der Waals surface area contributed by atoms with Crippen molar-refractivity contribution < 1.29 is 14.4 Å². The Labute approximate surface area is 181 Å². The summed E-state index contributed by atoms with van der Waals surface area (Å²) in [5.41, 5.74) is 2.29. The molecule has 6 nitrogen and oxygen atoms in total. The molecule has 2 heterocycles. The summed E-state index contributed by atoms with van der Waals surface area (Å²) in [6, 6.07) is 14.2. The van der Waals surface area contributed by atoms with Gasteiger partial charge in [0.05, 0.1) is 6.04 Å². The van der Waals surface area contributed by atoms with Crippen molar-refractivity contribution in [3.05, 3.63) is 70.2 Å². The molecule has 30 heavy (non-hydrogen) atoms. The van der Waals surface area contributed by atoms with Gasteiger partial charge in [-0.2, -0.15) is 0 Å². The summed E-state index contributed by atoms with van der Waals surface area (Å²) in [6.45, 7) is 4.17. The summed E-state index contributed by atoms with van der Waals surface area (Å²) in [4.78, 5) is 43.4. The Bertz CT molecular complexity index is 959. The number of rotatable bonds is 3. The number of benzene rings is 2. The second kappa shape index (κ2) is 8.48. The van der Waals surface area contributed by atoms with E-state index in [0.717, 1.165) is 12.0 Å². The number of likely N-dealkylation sites (tertiary alicyclic amines) is 1. The summed E-state index contributed by atoms with van der Waals surface area (Å²) >= 11 is 5.90. The van der Waals surface area contributed by atoms with Crippen LogP contribution >= 0.6 is 11.6 Å². The van der Waals surface area contributed by atoms with Gasteiger partial charge in [0.1, 0.15) is 6.54 Å². The van der Waals surface area contributed by atoms with Crippen LogP contribution in [0.1, 0.15) is 32.7 Å². The largest absolute Gasteiger partial charge is 0.337 e. The van der Waals surface area contributed by atoms with Crippen molar-refractivity contribution in [3.8, 4) is 0 Å². The fraction of sp³-hybridized carbons (Fsp3) is 0.348. The maximum atomic E-state index is 12.8. The van der Waals surface area contributed by atoms with E-state index in [1.54, 1.807) is 46.2 Å². The smallest absolute Gasteiger partial charge is 0.254 e. The van der Waals surface area contributed by atoms with Gasteiger partial charge in [-0.05, 0) is 49.7 Å². The Kier molecular flexibility index (Phi) is 5.77. The maximum absolute atomic E-state index is 12.8. The number of carbonyl (C=O) groups excluding carboxylic acids is 3. The molecule has 2 fully saturated rings. The monoisotopic (exact) mass is 425 g/mol. The van der Waals surface area contributed by atoms with E-state index in [0.29, 0.717) is 42.3 Å². The molecule has 0 saturated carbocycles. The van der Waals surface area contributed by atoms with Gasteiger partial charge in [-0.3, -0.25) is 14.4 Å². The molecule has 1 atom stereocenters. The molecular weight excluding hydrogens is 402 g/mol. The molecule has 2 aromatic rings. The second-order valence-corrected chi connectivity index (χ2v) is 8.32. The summed E-state index contributed by atoms with van der Waals surface area (Å²) in [5.74, 6) is -0.226. The molecule has 156 valence electrons. The molecule has 2 aliphatic heterocycles. The lowest BCUT2D eigenvalue weighted by molar-refractivity contribution is -0.137. The summed E-state index contributed by atoms with van der Waals surface area (Å²) in [6.07, 6.45) is 0.747. The van der Waals surface area contributed by atoms with Crippen LogP contribution in [-0.2, 0) is 4.79 Å². The average molecular weight is 426 g/mol. The van der Waals surface area contributed by atoms with E-state index in [-0.39, 0.29) is 30.3 Å². The summed E-state index contributed by atoms with van der Waals surface area (Å²) in [5, 5.41) is 0.592. The first-order valence-electron chi connectivity index (χ1n) is 10.1. The van der Waals surface area contributed by atoms with Crippen molar-refractivity contribution in [1.82, 2.24) is 14.7 Å². The van der Waals surface area contributed by atoms with E-state index in [1.165, 1.54) is 0 Å². The molecule has 0 spiro atoms. The number of aryl methyl sites for hydroxylation is 1. The quantitative estimate of drug-likeness (QED) is 0.759. The molecule has 0 aromatic heterocycles. The molecule has 2 saturated heterocycles. The van der Waals surface area contributed by atoms with E-state index in [1.807, 2.05) is 24.0 Å².